The third-order valence-electron chi connectivity index (χ3n) is 4.36. The van der Waals surface area contributed by atoms with Crippen molar-refractivity contribution in [2.24, 2.45) is 0 Å². The standard InChI is InChI=1S/C19H19FN4OS/c1-12(9-13-11-22-16-6-5-14(20)10-15(13)16)21-7-8-25-18-4-2-3-17-19(18)24-26-23-17/h2-6,10-12,21-22H,7-9H2,1H3. The van der Waals surface area contributed by atoms with Crippen molar-refractivity contribution in [2.75, 3.05) is 13.2 Å². The Balaban J connectivity index is 1.30. The molecule has 1 unspecified atom stereocenters. The molecule has 0 fully saturated rings. The normalized spacial score (nSPS) is 12.7. The molecule has 4 rings (SSSR count). The highest BCUT2D eigenvalue weighted by Gasteiger charge is 2.10. The van der Waals surface area contributed by atoms with Crippen LogP contribution in [0.1, 0.15) is 12.5 Å². The van der Waals surface area contributed by atoms with E-state index in [-0.39, 0.29) is 11.9 Å². The number of halogens is 1. The second-order valence-electron chi connectivity index (χ2n) is 6.30. The van der Waals surface area contributed by atoms with Gasteiger partial charge in [-0.2, -0.15) is 8.75 Å². The monoisotopic (exact) mass is 370 g/mol. The van der Waals surface area contributed by atoms with E-state index in [1.54, 1.807) is 12.1 Å². The van der Waals surface area contributed by atoms with Crippen molar-refractivity contribution in [3.05, 3.63) is 54.0 Å². The van der Waals surface area contributed by atoms with Crippen LogP contribution in [-0.4, -0.2) is 32.9 Å². The molecule has 1 atom stereocenters. The quantitative estimate of drug-likeness (QED) is 0.484. The molecule has 0 saturated carbocycles. The Morgan fingerprint density at radius 2 is 2.19 bits per heavy atom. The maximum absolute atomic E-state index is 13.5. The van der Waals surface area contributed by atoms with Gasteiger partial charge < -0.3 is 15.0 Å². The highest BCUT2D eigenvalue weighted by molar-refractivity contribution is 7.00. The van der Waals surface area contributed by atoms with Crippen LogP contribution in [0.2, 0.25) is 0 Å². The fourth-order valence-corrected chi connectivity index (χ4v) is 3.63. The van der Waals surface area contributed by atoms with Crippen molar-refractivity contribution in [2.45, 2.75) is 19.4 Å². The van der Waals surface area contributed by atoms with Crippen LogP contribution in [-0.2, 0) is 6.42 Å². The van der Waals surface area contributed by atoms with E-state index in [4.69, 9.17) is 4.74 Å². The van der Waals surface area contributed by atoms with E-state index in [0.29, 0.717) is 13.2 Å². The lowest BCUT2D eigenvalue weighted by atomic mass is 10.1. The molecule has 26 heavy (non-hydrogen) atoms. The minimum absolute atomic E-state index is 0.210. The fraction of sp³-hybridized carbons (Fsp3) is 0.263. The molecule has 0 aliphatic heterocycles. The summed E-state index contributed by atoms with van der Waals surface area (Å²) < 4.78 is 27.8. The van der Waals surface area contributed by atoms with E-state index >= 15 is 0 Å². The van der Waals surface area contributed by atoms with Crippen LogP contribution in [0.4, 0.5) is 4.39 Å². The molecule has 0 amide bonds. The Bertz CT molecular complexity index is 1030. The first-order valence-electron chi connectivity index (χ1n) is 8.53. The lowest BCUT2D eigenvalue weighted by Gasteiger charge is -2.14. The Hall–Kier alpha value is -2.51. The smallest absolute Gasteiger partial charge is 0.148 e. The molecule has 0 saturated heterocycles. The topological polar surface area (TPSA) is 62.8 Å². The zero-order chi connectivity index (χ0) is 17.9. The van der Waals surface area contributed by atoms with Crippen LogP contribution < -0.4 is 10.1 Å². The van der Waals surface area contributed by atoms with Gasteiger partial charge in [-0.25, -0.2) is 4.39 Å². The van der Waals surface area contributed by atoms with Gasteiger partial charge in [-0.3, -0.25) is 0 Å². The average Bonchev–Trinajstić information content (AvgIpc) is 3.26. The number of H-pyrrole nitrogens is 1. The molecule has 0 aliphatic rings. The van der Waals surface area contributed by atoms with Gasteiger partial charge in [0.1, 0.15) is 29.2 Å². The lowest BCUT2D eigenvalue weighted by Crippen LogP contribution is -2.31. The van der Waals surface area contributed by atoms with Gasteiger partial charge in [0.2, 0.25) is 0 Å². The van der Waals surface area contributed by atoms with Crippen molar-refractivity contribution in [1.82, 2.24) is 19.0 Å². The molecule has 0 spiro atoms. The minimum atomic E-state index is -0.210. The third-order valence-corrected chi connectivity index (χ3v) is 4.90. The molecule has 2 aromatic heterocycles. The summed E-state index contributed by atoms with van der Waals surface area (Å²) in [7, 11) is 0. The van der Waals surface area contributed by atoms with Crippen LogP contribution in [0.5, 0.6) is 5.75 Å². The van der Waals surface area contributed by atoms with E-state index in [0.717, 1.165) is 39.7 Å². The second kappa shape index (κ2) is 7.39. The molecule has 2 N–H and O–H groups in total. The fourth-order valence-electron chi connectivity index (χ4n) is 3.09. The summed E-state index contributed by atoms with van der Waals surface area (Å²) in [6.45, 7) is 3.37. The van der Waals surface area contributed by atoms with Crippen LogP contribution in [0.3, 0.4) is 0 Å². The molecule has 0 radical (unpaired) electrons. The van der Waals surface area contributed by atoms with Gasteiger partial charge in [0.25, 0.3) is 0 Å². The molecule has 0 aliphatic carbocycles. The molecule has 134 valence electrons. The summed E-state index contributed by atoms with van der Waals surface area (Å²) in [5.41, 5.74) is 3.74. The van der Waals surface area contributed by atoms with Crippen molar-refractivity contribution >= 4 is 33.7 Å². The maximum Gasteiger partial charge on any atom is 0.148 e. The zero-order valence-electron chi connectivity index (χ0n) is 14.3. The van der Waals surface area contributed by atoms with Crippen molar-refractivity contribution in [3.63, 3.8) is 0 Å². The number of benzene rings is 2. The summed E-state index contributed by atoms with van der Waals surface area (Å²) >= 11 is 1.19. The number of aromatic amines is 1. The van der Waals surface area contributed by atoms with Crippen molar-refractivity contribution in [1.29, 1.82) is 0 Å². The number of nitrogens with one attached hydrogen (secondary N) is 2. The molecule has 4 aromatic rings. The average molecular weight is 370 g/mol. The SMILES string of the molecule is CC(Cc1c[nH]c2ccc(F)cc12)NCCOc1cccc2nsnc12. The second-order valence-corrected chi connectivity index (χ2v) is 6.83. The minimum Gasteiger partial charge on any atom is -0.490 e. The molecule has 5 nitrogen and oxygen atoms in total. The Morgan fingerprint density at radius 3 is 3.12 bits per heavy atom. The maximum atomic E-state index is 13.5. The first-order chi connectivity index (χ1) is 12.7. The molecular formula is C19H19FN4OS. The predicted molar refractivity (Wildman–Crippen MR) is 102 cm³/mol. The van der Waals surface area contributed by atoms with Gasteiger partial charge in [0.05, 0.1) is 11.7 Å². The predicted octanol–water partition coefficient (Wildman–Crippen LogP) is 3.91. The summed E-state index contributed by atoms with van der Waals surface area (Å²) in [4.78, 5) is 3.19. The zero-order valence-corrected chi connectivity index (χ0v) is 15.1. The van der Waals surface area contributed by atoms with Gasteiger partial charge in [0.15, 0.2) is 0 Å². The number of nitrogens with zero attached hydrogens (tertiary/aromatic N) is 2. The van der Waals surface area contributed by atoms with E-state index in [2.05, 4.69) is 26.0 Å². The first-order valence-corrected chi connectivity index (χ1v) is 9.27. The molecule has 2 heterocycles. The number of fused-ring (bicyclic) bond motifs is 2. The number of hydrogen-bond donors (Lipinski definition) is 2. The van der Waals surface area contributed by atoms with Crippen LogP contribution in [0.15, 0.2) is 42.6 Å². The lowest BCUT2D eigenvalue weighted by molar-refractivity contribution is 0.309. The Labute approximate surface area is 154 Å². The molecule has 7 heteroatoms. The van der Waals surface area contributed by atoms with E-state index < -0.39 is 0 Å². The number of hydrogen-bond acceptors (Lipinski definition) is 5. The van der Waals surface area contributed by atoms with Gasteiger partial charge in [0, 0.05) is 29.7 Å². The molecule has 0 bridgehead atoms. The first kappa shape index (κ1) is 16.9. The summed E-state index contributed by atoms with van der Waals surface area (Å²) in [5, 5.41) is 4.39. The van der Waals surface area contributed by atoms with E-state index in [1.807, 2.05) is 24.4 Å². The van der Waals surface area contributed by atoms with Gasteiger partial charge >= 0.3 is 0 Å². The third kappa shape index (κ3) is 3.54. The highest BCUT2D eigenvalue weighted by Crippen LogP contribution is 2.23. The van der Waals surface area contributed by atoms with Gasteiger partial charge in [-0.1, -0.05) is 6.07 Å². The highest BCUT2D eigenvalue weighted by atomic mass is 32.1. The van der Waals surface area contributed by atoms with Gasteiger partial charge in [-0.15, -0.1) is 0 Å². The number of aromatic nitrogens is 3. The van der Waals surface area contributed by atoms with Crippen molar-refractivity contribution in [3.8, 4) is 5.75 Å². The number of rotatable bonds is 7. The van der Waals surface area contributed by atoms with Crippen LogP contribution in [0.25, 0.3) is 21.9 Å². The van der Waals surface area contributed by atoms with E-state index in [1.165, 1.54) is 17.8 Å². The van der Waals surface area contributed by atoms with Crippen molar-refractivity contribution < 1.29 is 9.13 Å². The van der Waals surface area contributed by atoms with Crippen LogP contribution in [0, 0.1) is 5.82 Å². The summed E-state index contributed by atoms with van der Waals surface area (Å²) in [5.74, 6) is 0.552. The Kier molecular flexibility index (Phi) is 4.81. The van der Waals surface area contributed by atoms with E-state index in [9.17, 15) is 4.39 Å². The Morgan fingerprint density at radius 1 is 1.27 bits per heavy atom. The number of ether oxygens (including phenoxy) is 1. The molecular weight excluding hydrogens is 351 g/mol. The van der Waals surface area contributed by atoms with Gasteiger partial charge in [-0.05, 0) is 49.2 Å². The molecule has 2 aromatic carbocycles. The summed E-state index contributed by atoms with van der Waals surface area (Å²) in [6, 6.07) is 10.8. The van der Waals surface area contributed by atoms with Crippen LogP contribution >= 0.6 is 11.7 Å². The largest absolute Gasteiger partial charge is 0.490 e. The summed E-state index contributed by atoms with van der Waals surface area (Å²) in [6.07, 6.45) is 2.77.